The minimum absolute atomic E-state index is 0.0256. The van der Waals surface area contributed by atoms with E-state index in [0.717, 1.165) is 19.5 Å². The molecule has 2 heterocycles. The fourth-order valence-corrected chi connectivity index (χ4v) is 3.88. The molecule has 2 rings (SSSR count). The van der Waals surface area contributed by atoms with Crippen molar-refractivity contribution in [1.29, 1.82) is 0 Å². The smallest absolute Gasteiger partial charge is 0.276 e. The highest BCUT2D eigenvalue weighted by molar-refractivity contribution is 7.89. The van der Waals surface area contributed by atoms with Crippen LogP contribution in [0.5, 0.6) is 0 Å². The number of rotatable bonds is 6. The minimum Gasteiger partial charge on any atom is -0.452 e. The number of piperazine rings is 1. The topological polar surface area (TPSA) is 63.0 Å². The highest BCUT2D eigenvalue weighted by atomic mass is 32.2. The summed E-state index contributed by atoms with van der Waals surface area (Å²) in [5, 5.41) is 0.0256. The van der Waals surface area contributed by atoms with Crippen LogP contribution < -0.4 is 0 Å². The van der Waals surface area contributed by atoms with Crippen molar-refractivity contribution in [3.63, 3.8) is 0 Å². The lowest BCUT2D eigenvalue weighted by Crippen LogP contribution is -2.55. The molecular formula is C13H22N2O4S. The van der Waals surface area contributed by atoms with E-state index in [9.17, 15) is 8.42 Å². The minimum atomic E-state index is -3.50. The third-order valence-electron chi connectivity index (χ3n) is 3.71. The summed E-state index contributed by atoms with van der Waals surface area (Å²) in [4.78, 5) is 2.29. The summed E-state index contributed by atoms with van der Waals surface area (Å²) in [6.07, 6.45) is 2.30. The third kappa shape index (κ3) is 3.22. The van der Waals surface area contributed by atoms with Gasteiger partial charge in [0.05, 0.1) is 12.9 Å². The van der Waals surface area contributed by atoms with Gasteiger partial charge in [0.2, 0.25) is 5.09 Å². The molecule has 0 N–H and O–H groups in total. The van der Waals surface area contributed by atoms with Crippen LogP contribution in [-0.2, 0) is 14.8 Å². The highest BCUT2D eigenvalue weighted by Crippen LogP contribution is 2.21. The quantitative estimate of drug-likeness (QED) is 0.785. The van der Waals surface area contributed by atoms with Gasteiger partial charge in [-0.05, 0) is 18.6 Å². The summed E-state index contributed by atoms with van der Waals surface area (Å²) in [6.45, 7) is 5.30. The zero-order valence-electron chi connectivity index (χ0n) is 12.0. The Morgan fingerprint density at radius 2 is 2.25 bits per heavy atom. The Morgan fingerprint density at radius 1 is 1.45 bits per heavy atom. The Labute approximate surface area is 120 Å². The van der Waals surface area contributed by atoms with Gasteiger partial charge in [-0.15, -0.1) is 0 Å². The van der Waals surface area contributed by atoms with E-state index in [4.69, 9.17) is 9.15 Å². The molecule has 0 bridgehead atoms. The molecule has 7 heteroatoms. The van der Waals surface area contributed by atoms with Gasteiger partial charge in [0, 0.05) is 39.3 Å². The first-order valence-corrected chi connectivity index (χ1v) is 8.30. The summed E-state index contributed by atoms with van der Waals surface area (Å²) in [5.41, 5.74) is 0. The van der Waals surface area contributed by atoms with Crippen molar-refractivity contribution in [1.82, 2.24) is 9.21 Å². The lowest BCUT2D eigenvalue weighted by atomic mass is 10.1. The van der Waals surface area contributed by atoms with E-state index in [1.54, 1.807) is 13.2 Å². The highest BCUT2D eigenvalue weighted by Gasteiger charge is 2.34. The fraction of sp³-hybridized carbons (Fsp3) is 0.692. The number of ether oxygens (including phenoxy) is 1. The number of methoxy groups -OCH3 is 1. The molecule has 0 amide bonds. The second-order valence-electron chi connectivity index (χ2n) is 4.89. The Hall–Kier alpha value is -0.890. The molecule has 0 aliphatic carbocycles. The van der Waals surface area contributed by atoms with Gasteiger partial charge in [-0.2, -0.15) is 4.31 Å². The van der Waals surface area contributed by atoms with Crippen molar-refractivity contribution in [2.24, 2.45) is 0 Å². The van der Waals surface area contributed by atoms with Gasteiger partial charge in [-0.3, -0.25) is 4.90 Å². The van der Waals surface area contributed by atoms with Gasteiger partial charge < -0.3 is 9.15 Å². The number of sulfonamides is 1. The van der Waals surface area contributed by atoms with Gasteiger partial charge in [0.25, 0.3) is 10.0 Å². The summed E-state index contributed by atoms with van der Waals surface area (Å²) in [6, 6.07) is 3.32. The first kappa shape index (κ1) is 15.5. The average molecular weight is 302 g/mol. The standard InChI is InChI=1S/C13H22N2O4S/c1-3-12-11-15(7-6-14(12)8-10-18-2)20(16,17)13-5-4-9-19-13/h4-5,9,12H,3,6-8,10-11H2,1-2H3. The molecule has 114 valence electrons. The molecule has 1 unspecified atom stereocenters. The number of furan rings is 1. The van der Waals surface area contributed by atoms with Crippen molar-refractivity contribution >= 4 is 10.0 Å². The Kier molecular flexibility index (Phi) is 5.20. The predicted octanol–water partition coefficient (Wildman–Crippen LogP) is 1.01. The van der Waals surface area contributed by atoms with Crippen molar-refractivity contribution in [3.05, 3.63) is 18.4 Å². The van der Waals surface area contributed by atoms with Gasteiger partial charge >= 0.3 is 0 Å². The number of hydrogen-bond donors (Lipinski definition) is 0. The first-order valence-electron chi connectivity index (χ1n) is 6.86. The molecule has 1 atom stereocenters. The van der Waals surface area contributed by atoms with Crippen LogP contribution in [0.1, 0.15) is 13.3 Å². The number of nitrogens with zero attached hydrogens (tertiary/aromatic N) is 2. The van der Waals surface area contributed by atoms with Gasteiger partial charge in [0.1, 0.15) is 0 Å². The van der Waals surface area contributed by atoms with Crippen molar-refractivity contribution in [3.8, 4) is 0 Å². The molecule has 6 nitrogen and oxygen atoms in total. The summed E-state index contributed by atoms with van der Waals surface area (Å²) < 4.78 is 36.5. The van der Waals surface area contributed by atoms with Crippen LogP contribution in [0.3, 0.4) is 0 Å². The lowest BCUT2D eigenvalue weighted by Gasteiger charge is -2.40. The third-order valence-corrected chi connectivity index (χ3v) is 5.46. The van der Waals surface area contributed by atoms with Crippen LogP contribution >= 0.6 is 0 Å². The summed E-state index contributed by atoms with van der Waals surface area (Å²) in [7, 11) is -1.82. The van der Waals surface area contributed by atoms with Crippen molar-refractivity contribution in [2.45, 2.75) is 24.5 Å². The van der Waals surface area contributed by atoms with E-state index in [1.165, 1.54) is 16.6 Å². The lowest BCUT2D eigenvalue weighted by molar-refractivity contribution is 0.0778. The second-order valence-corrected chi connectivity index (χ2v) is 6.75. The summed E-state index contributed by atoms with van der Waals surface area (Å²) in [5.74, 6) is 0. The van der Waals surface area contributed by atoms with E-state index in [0.29, 0.717) is 19.7 Å². The van der Waals surface area contributed by atoms with Crippen LogP contribution in [0.4, 0.5) is 0 Å². The maximum Gasteiger partial charge on any atom is 0.276 e. The molecule has 1 aliphatic rings. The number of hydrogen-bond acceptors (Lipinski definition) is 5. The molecule has 1 saturated heterocycles. The molecule has 1 aromatic rings. The van der Waals surface area contributed by atoms with Crippen molar-refractivity contribution in [2.75, 3.05) is 39.9 Å². The van der Waals surface area contributed by atoms with Gasteiger partial charge in [0.15, 0.2) is 0 Å². The van der Waals surface area contributed by atoms with Crippen LogP contribution in [0, 0.1) is 0 Å². The molecular weight excluding hydrogens is 280 g/mol. The van der Waals surface area contributed by atoms with Crippen LogP contribution in [0.15, 0.2) is 27.9 Å². The fourth-order valence-electron chi connectivity index (χ4n) is 2.51. The van der Waals surface area contributed by atoms with E-state index < -0.39 is 10.0 Å². The maximum absolute atomic E-state index is 12.4. The van der Waals surface area contributed by atoms with Crippen LogP contribution in [0.2, 0.25) is 0 Å². The summed E-state index contributed by atoms with van der Waals surface area (Å²) >= 11 is 0. The zero-order chi connectivity index (χ0) is 14.6. The first-order chi connectivity index (χ1) is 9.59. The molecule has 0 aromatic carbocycles. The predicted molar refractivity (Wildman–Crippen MR) is 75.0 cm³/mol. The van der Waals surface area contributed by atoms with E-state index >= 15 is 0 Å². The molecule has 1 aromatic heterocycles. The maximum atomic E-state index is 12.4. The van der Waals surface area contributed by atoms with Crippen LogP contribution in [0.25, 0.3) is 0 Å². The van der Waals surface area contributed by atoms with E-state index in [-0.39, 0.29) is 11.1 Å². The Bertz CT molecular complexity index is 500. The Balaban J connectivity index is 2.06. The molecule has 1 aliphatic heterocycles. The monoisotopic (exact) mass is 302 g/mol. The molecule has 0 saturated carbocycles. The molecule has 20 heavy (non-hydrogen) atoms. The molecule has 0 spiro atoms. The largest absolute Gasteiger partial charge is 0.452 e. The Morgan fingerprint density at radius 3 is 2.85 bits per heavy atom. The molecule has 1 fully saturated rings. The molecule has 0 radical (unpaired) electrons. The van der Waals surface area contributed by atoms with Crippen molar-refractivity contribution < 1.29 is 17.6 Å². The van der Waals surface area contributed by atoms with Crippen LogP contribution in [-0.4, -0.2) is 63.6 Å². The zero-order valence-corrected chi connectivity index (χ0v) is 12.8. The normalized spacial score (nSPS) is 22.2. The van der Waals surface area contributed by atoms with E-state index in [2.05, 4.69) is 11.8 Å². The van der Waals surface area contributed by atoms with Gasteiger partial charge in [-0.1, -0.05) is 6.92 Å². The van der Waals surface area contributed by atoms with Gasteiger partial charge in [-0.25, -0.2) is 8.42 Å². The average Bonchev–Trinajstić information content (AvgIpc) is 2.99. The van der Waals surface area contributed by atoms with E-state index in [1.807, 2.05) is 0 Å². The SMILES string of the molecule is CCC1CN(S(=O)(=O)c2ccco2)CCN1CCOC. The second kappa shape index (κ2) is 6.71.